The molecule has 0 aliphatic rings. The first kappa shape index (κ1) is 20.4. The average Bonchev–Trinajstić information content (AvgIpc) is 3.29. The van der Waals surface area contributed by atoms with Gasteiger partial charge in [0.25, 0.3) is 0 Å². The fraction of sp³-hybridized carbons (Fsp3) is 0.125. The topological polar surface area (TPSA) is 80.1 Å². The summed E-state index contributed by atoms with van der Waals surface area (Å²) in [5, 5.41) is 16.5. The Balaban J connectivity index is 1.63. The second-order valence-electron chi connectivity index (χ2n) is 6.75. The molecule has 1 N–H and O–H groups in total. The molecule has 154 valence electrons. The third-order valence-electron chi connectivity index (χ3n) is 4.77. The predicted octanol–water partition coefficient (Wildman–Crippen LogP) is 5.66. The van der Waals surface area contributed by atoms with E-state index in [9.17, 15) is 5.26 Å². The number of rotatable bonds is 6. The van der Waals surface area contributed by atoms with E-state index in [0.29, 0.717) is 22.1 Å². The quantitative estimate of drug-likeness (QED) is 0.399. The van der Waals surface area contributed by atoms with Gasteiger partial charge in [0.05, 0.1) is 31.1 Å². The Hall–Kier alpha value is -3.89. The largest absolute Gasteiger partial charge is 0.493 e. The summed E-state index contributed by atoms with van der Waals surface area (Å²) in [4.78, 5) is 9.26. The number of pyridine rings is 1. The molecule has 2 aromatic heterocycles. The molecular formula is C24H20N4O2S. The van der Waals surface area contributed by atoms with E-state index < -0.39 is 0 Å². The Morgan fingerprint density at radius 1 is 1.06 bits per heavy atom. The van der Waals surface area contributed by atoms with Crippen LogP contribution < -0.4 is 14.8 Å². The number of thiazole rings is 1. The first-order valence-electron chi connectivity index (χ1n) is 9.54. The van der Waals surface area contributed by atoms with Gasteiger partial charge in [-0.1, -0.05) is 18.2 Å². The number of fused-ring (bicyclic) bond motifs is 1. The molecule has 0 saturated heterocycles. The number of para-hydroxylation sites is 1. The lowest BCUT2D eigenvalue weighted by atomic mass is 10.1. The van der Waals surface area contributed by atoms with Gasteiger partial charge in [0.15, 0.2) is 11.5 Å². The van der Waals surface area contributed by atoms with Gasteiger partial charge in [0, 0.05) is 28.2 Å². The number of benzene rings is 2. The van der Waals surface area contributed by atoms with E-state index in [1.807, 2.05) is 60.8 Å². The van der Waals surface area contributed by atoms with Crippen molar-refractivity contribution >= 4 is 33.5 Å². The fourth-order valence-electron chi connectivity index (χ4n) is 3.18. The average molecular weight is 429 g/mol. The number of methoxy groups -OCH3 is 2. The van der Waals surface area contributed by atoms with Gasteiger partial charge < -0.3 is 14.8 Å². The van der Waals surface area contributed by atoms with Gasteiger partial charge >= 0.3 is 0 Å². The molecule has 6 nitrogen and oxygen atoms in total. The van der Waals surface area contributed by atoms with E-state index in [0.717, 1.165) is 33.5 Å². The second kappa shape index (κ2) is 8.86. The van der Waals surface area contributed by atoms with E-state index in [1.165, 1.54) is 11.3 Å². The Kier molecular flexibility index (Phi) is 5.83. The molecule has 7 heteroatoms. The van der Waals surface area contributed by atoms with Crippen molar-refractivity contribution in [2.45, 2.75) is 6.92 Å². The number of aryl methyl sites for hydroxylation is 1. The summed E-state index contributed by atoms with van der Waals surface area (Å²) in [6, 6.07) is 17.8. The number of allylic oxidation sites excluding steroid dienone is 1. The van der Waals surface area contributed by atoms with Crippen LogP contribution in [-0.2, 0) is 0 Å². The molecule has 0 atom stereocenters. The maximum absolute atomic E-state index is 9.70. The van der Waals surface area contributed by atoms with Gasteiger partial charge in [-0.25, -0.2) is 4.98 Å². The van der Waals surface area contributed by atoms with Crippen molar-refractivity contribution < 1.29 is 9.47 Å². The highest BCUT2D eigenvalue weighted by Gasteiger charge is 2.12. The first-order chi connectivity index (χ1) is 15.1. The van der Waals surface area contributed by atoms with Gasteiger partial charge in [-0.15, -0.1) is 11.3 Å². The number of ether oxygens (including phenoxy) is 2. The summed E-state index contributed by atoms with van der Waals surface area (Å²) < 4.78 is 10.7. The number of nitrogens with one attached hydrogen (secondary N) is 1. The van der Waals surface area contributed by atoms with Crippen LogP contribution >= 0.6 is 11.3 Å². The van der Waals surface area contributed by atoms with Crippen LogP contribution in [0.15, 0.2) is 60.1 Å². The van der Waals surface area contributed by atoms with Crippen molar-refractivity contribution in [1.29, 1.82) is 5.26 Å². The minimum absolute atomic E-state index is 0.446. The van der Waals surface area contributed by atoms with Crippen LogP contribution in [0.1, 0.15) is 10.7 Å². The van der Waals surface area contributed by atoms with Gasteiger partial charge in [0.2, 0.25) is 0 Å². The number of hydrogen-bond acceptors (Lipinski definition) is 7. The van der Waals surface area contributed by atoms with E-state index >= 15 is 0 Å². The summed E-state index contributed by atoms with van der Waals surface area (Å²) in [6.07, 6.45) is 1.68. The molecule has 0 radical (unpaired) electrons. The Morgan fingerprint density at radius 3 is 2.68 bits per heavy atom. The summed E-state index contributed by atoms with van der Waals surface area (Å²) >= 11 is 1.41. The van der Waals surface area contributed by atoms with E-state index in [2.05, 4.69) is 21.4 Å². The van der Waals surface area contributed by atoms with Gasteiger partial charge in [-0.2, -0.15) is 5.26 Å². The number of nitriles is 1. The Morgan fingerprint density at radius 2 is 1.90 bits per heavy atom. The highest BCUT2D eigenvalue weighted by atomic mass is 32.1. The number of hydrogen-bond donors (Lipinski definition) is 1. The summed E-state index contributed by atoms with van der Waals surface area (Å²) in [6.45, 7) is 1.96. The molecule has 0 spiro atoms. The monoisotopic (exact) mass is 428 g/mol. The molecule has 4 rings (SSSR count). The van der Waals surface area contributed by atoms with Crippen molar-refractivity contribution in [3.63, 3.8) is 0 Å². The number of nitrogens with zero attached hydrogens (tertiary/aromatic N) is 3. The Labute approximate surface area is 184 Å². The van der Waals surface area contributed by atoms with Crippen LogP contribution in [0.3, 0.4) is 0 Å². The van der Waals surface area contributed by atoms with Crippen molar-refractivity contribution in [1.82, 2.24) is 9.97 Å². The highest BCUT2D eigenvalue weighted by molar-refractivity contribution is 7.11. The number of anilines is 1. The second-order valence-corrected chi connectivity index (χ2v) is 7.61. The molecule has 31 heavy (non-hydrogen) atoms. The zero-order valence-electron chi connectivity index (χ0n) is 17.3. The first-order valence-corrected chi connectivity index (χ1v) is 10.4. The molecule has 0 unspecified atom stereocenters. The molecule has 0 aliphatic carbocycles. The highest BCUT2D eigenvalue weighted by Crippen LogP contribution is 2.33. The van der Waals surface area contributed by atoms with Crippen LogP contribution in [-0.4, -0.2) is 24.2 Å². The van der Waals surface area contributed by atoms with Gasteiger partial charge in [-0.05, 0) is 37.3 Å². The smallest absolute Gasteiger partial charge is 0.161 e. The summed E-state index contributed by atoms with van der Waals surface area (Å²) in [7, 11) is 3.20. The van der Waals surface area contributed by atoms with Crippen LogP contribution in [0.4, 0.5) is 5.69 Å². The fourth-order valence-corrected chi connectivity index (χ4v) is 3.97. The summed E-state index contributed by atoms with van der Waals surface area (Å²) in [5.41, 5.74) is 4.74. The van der Waals surface area contributed by atoms with Crippen molar-refractivity contribution in [2.75, 3.05) is 19.5 Å². The summed E-state index contributed by atoms with van der Waals surface area (Å²) in [5.74, 6) is 1.29. The van der Waals surface area contributed by atoms with Crippen LogP contribution in [0.5, 0.6) is 11.5 Å². The standard InChI is InChI=1S/C24H20N4O2S/c1-15-7-8-16-5-4-6-19(23(16)27-15)26-13-18(12-25)24-28-20(14-31-24)17-9-10-21(29-2)22(11-17)30-3/h4-11,13-14,26H,1-3H3. The van der Waals surface area contributed by atoms with Crippen LogP contribution in [0, 0.1) is 18.3 Å². The molecule has 0 bridgehead atoms. The molecule has 0 amide bonds. The lowest BCUT2D eigenvalue weighted by Crippen LogP contribution is -1.94. The molecule has 0 saturated carbocycles. The number of aromatic nitrogens is 2. The SMILES string of the molecule is COc1ccc(-c2csc(C(C#N)=CNc3cccc4ccc(C)nc34)n2)cc1OC. The minimum Gasteiger partial charge on any atom is -0.493 e. The molecule has 2 aromatic carbocycles. The zero-order valence-corrected chi connectivity index (χ0v) is 18.2. The lowest BCUT2D eigenvalue weighted by molar-refractivity contribution is 0.355. The predicted molar refractivity (Wildman–Crippen MR) is 124 cm³/mol. The maximum atomic E-state index is 9.70. The molecule has 0 aliphatic heterocycles. The molecular weight excluding hydrogens is 408 g/mol. The van der Waals surface area contributed by atoms with Crippen molar-refractivity contribution in [2.24, 2.45) is 0 Å². The molecule has 4 aromatic rings. The minimum atomic E-state index is 0.446. The lowest BCUT2D eigenvalue weighted by Gasteiger charge is -2.08. The van der Waals surface area contributed by atoms with Crippen molar-refractivity contribution in [3.8, 4) is 28.8 Å². The van der Waals surface area contributed by atoms with Crippen LogP contribution in [0.2, 0.25) is 0 Å². The van der Waals surface area contributed by atoms with E-state index in [1.54, 1.807) is 20.4 Å². The maximum Gasteiger partial charge on any atom is 0.161 e. The normalized spacial score (nSPS) is 11.2. The molecule has 0 fully saturated rings. The van der Waals surface area contributed by atoms with Crippen LogP contribution in [0.25, 0.3) is 27.7 Å². The van der Waals surface area contributed by atoms with Gasteiger partial charge in [-0.3, -0.25) is 4.98 Å². The third kappa shape index (κ3) is 4.20. The van der Waals surface area contributed by atoms with E-state index in [4.69, 9.17) is 9.47 Å². The Bertz CT molecular complexity index is 1320. The van der Waals surface area contributed by atoms with Crippen molar-refractivity contribution in [3.05, 3.63) is 70.8 Å². The third-order valence-corrected chi connectivity index (χ3v) is 5.64. The van der Waals surface area contributed by atoms with E-state index in [-0.39, 0.29) is 0 Å². The molecule has 2 heterocycles. The zero-order chi connectivity index (χ0) is 21.8. The van der Waals surface area contributed by atoms with Gasteiger partial charge in [0.1, 0.15) is 16.6 Å².